The molecule has 0 aliphatic carbocycles. The summed E-state index contributed by atoms with van der Waals surface area (Å²) in [7, 11) is 0. The van der Waals surface area contributed by atoms with E-state index in [1.807, 2.05) is 36.0 Å². The molecule has 0 bridgehead atoms. The second-order valence-corrected chi connectivity index (χ2v) is 6.34. The van der Waals surface area contributed by atoms with Crippen molar-refractivity contribution < 1.29 is 9.90 Å². The summed E-state index contributed by atoms with van der Waals surface area (Å²) in [6, 6.07) is 14.2. The van der Waals surface area contributed by atoms with Crippen molar-refractivity contribution in [2.45, 2.75) is 18.7 Å². The summed E-state index contributed by atoms with van der Waals surface area (Å²) in [4.78, 5) is 12.0. The zero-order chi connectivity index (χ0) is 15.9. The van der Waals surface area contributed by atoms with Crippen LogP contribution >= 0.6 is 11.8 Å². The maximum absolute atomic E-state index is 10.8. The van der Waals surface area contributed by atoms with E-state index in [-0.39, 0.29) is 5.56 Å². The Labute approximate surface area is 134 Å². The number of carboxylic acids is 1. The fourth-order valence-corrected chi connectivity index (χ4v) is 2.51. The quantitative estimate of drug-likeness (QED) is 0.561. The lowest BCUT2D eigenvalue weighted by Crippen LogP contribution is -1.93. The second kappa shape index (κ2) is 7.75. The van der Waals surface area contributed by atoms with Gasteiger partial charge in [0, 0.05) is 10.6 Å². The van der Waals surface area contributed by atoms with E-state index < -0.39 is 5.97 Å². The molecule has 2 aromatic rings. The molecule has 2 aromatic carbocycles. The smallest absolute Gasteiger partial charge is 0.335 e. The van der Waals surface area contributed by atoms with E-state index in [2.05, 4.69) is 24.1 Å². The molecule has 5 heteroatoms. The Balaban J connectivity index is 1.99. The third kappa shape index (κ3) is 5.00. The van der Waals surface area contributed by atoms with Crippen molar-refractivity contribution in [3.63, 3.8) is 0 Å². The van der Waals surface area contributed by atoms with Crippen LogP contribution in [-0.4, -0.2) is 16.8 Å². The normalized spacial score (nSPS) is 11.2. The highest BCUT2D eigenvalue weighted by molar-refractivity contribution is 7.99. The summed E-state index contributed by atoms with van der Waals surface area (Å²) in [5.41, 5.74) is 1.64. The van der Waals surface area contributed by atoms with Gasteiger partial charge in [-0.05, 0) is 54.4 Å². The number of aromatic carboxylic acids is 1. The van der Waals surface area contributed by atoms with Crippen LogP contribution in [0.5, 0.6) is 0 Å². The lowest BCUT2D eigenvalue weighted by molar-refractivity contribution is 0.0697. The van der Waals surface area contributed by atoms with E-state index in [0.29, 0.717) is 11.6 Å². The van der Waals surface area contributed by atoms with Gasteiger partial charge in [-0.1, -0.05) is 13.8 Å². The van der Waals surface area contributed by atoms with Crippen LogP contribution in [0.3, 0.4) is 0 Å². The topological polar surface area (TPSA) is 62.0 Å². The Morgan fingerprint density at radius 3 is 1.95 bits per heavy atom. The van der Waals surface area contributed by atoms with Gasteiger partial charge in [0.05, 0.1) is 16.9 Å². The van der Waals surface area contributed by atoms with Crippen molar-refractivity contribution in [2.24, 2.45) is 16.1 Å². The van der Waals surface area contributed by atoms with Gasteiger partial charge >= 0.3 is 5.97 Å². The number of hydrogen-bond acceptors (Lipinski definition) is 4. The summed E-state index contributed by atoms with van der Waals surface area (Å²) < 4.78 is 0. The zero-order valence-electron chi connectivity index (χ0n) is 12.6. The van der Waals surface area contributed by atoms with Gasteiger partial charge in [0.2, 0.25) is 0 Å². The highest BCUT2D eigenvalue weighted by Crippen LogP contribution is 2.24. The van der Waals surface area contributed by atoms with Gasteiger partial charge in [-0.15, -0.1) is 11.8 Å². The first-order valence-corrected chi connectivity index (χ1v) is 8.01. The van der Waals surface area contributed by atoms with Gasteiger partial charge in [0.15, 0.2) is 0 Å². The summed E-state index contributed by atoms with van der Waals surface area (Å²) in [5, 5.41) is 17.1. The van der Waals surface area contributed by atoms with E-state index in [4.69, 9.17) is 5.11 Å². The molecule has 0 aromatic heterocycles. The summed E-state index contributed by atoms with van der Waals surface area (Å²) >= 11 is 1.83. The third-order valence-electron chi connectivity index (χ3n) is 2.82. The molecule has 0 aliphatic rings. The van der Waals surface area contributed by atoms with Gasteiger partial charge < -0.3 is 5.11 Å². The highest BCUT2D eigenvalue weighted by Gasteiger charge is 2.01. The number of thioether (sulfide) groups is 1. The molecule has 0 heterocycles. The van der Waals surface area contributed by atoms with Gasteiger partial charge in [0.1, 0.15) is 0 Å². The molecule has 22 heavy (non-hydrogen) atoms. The fourth-order valence-electron chi connectivity index (χ4n) is 1.66. The molecule has 0 saturated heterocycles. The number of hydrogen-bond donors (Lipinski definition) is 1. The van der Waals surface area contributed by atoms with Crippen LogP contribution in [0.15, 0.2) is 63.7 Å². The molecule has 0 spiro atoms. The zero-order valence-corrected chi connectivity index (χ0v) is 13.4. The molecule has 114 valence electrons. The van der Waals surface area contributed by atoms with Gasteiger partial charge in [-0.25, -0.2) is 4.79 Å². The molecule has 0 fully saturated rings. The maximum Gasteiger partial charge on any atom is 0.335 e. The number of nitrogens with zero attached hydrogens (tertiary/aromatic N) is 2. The van der Waals surface area contributed by atoms with E-state index >= 15 is 0 Å². The van der Waals surface area contributed by atoms with Crippen LogP contribution < -0.4 is 0 Å². The Hall–Kier alpha value is -2.14. The van der Waals surface area contributed by atoms with Gasteiger partial charge in [0.25, 0.3) is 0 Å². The highest BCUT2D eigenvalue weighted by atomic mass is 32.2. The largest absolute Gasteiger partial charge is 0.478 e. The Morgan fingerprint density at radius 2 is 1.50 bits per heavy atom. The summed E-state index contributed by atoms with van der Waals surface area (Å²) in [6.45, 7) is 4.40. The Kier molecular flexibility index (Phi) is 5.72. The number of carboxylic acid groups (broad SMARTS) is 1. The monoisotopic (exact) mass is 314 g/mol. The Morgan fingerprint density at radius 1 is 1.00 bits per heavy atom. The van der Waals surface area contributed by atoms with Crippen LogP contribution in [0.4, 0.5) is 11.4 Å². The number of carbonyl (C=O) groups is 1. The van der Waals surface area contributed by atoms with Gasteiger partial charge in [-0.3, -0.25) is 0 Å². The minimum absolute atomic E-state index is 0.241. The number of benzene rings is 2. The Bertz CT molecular complexity index is 649. The molecule has 0 unspecified atom stereocenters. The molecular formula is C17H18N2O2S. The molecule has 0 saturated carbocycles. The van der Waals surface area contributed by atoms with Gasteiger partial charge in [-0.2, -0.15) is 10.2 Å². The van der Waals surface area contributed by atoms with Crippen LogP contribution in [-0.2, 0) is 0 Å². The van der Waals surface area contributed by atoms with Crippen molar-refractivity contribution in [2.75, 3.05) is 5.75 Å². The molecular weight excluding hydrogens is 296 g/mol. The minimum Gasteiger partial charge on any atom is -0.478 e. The molecule has 4 nitrogen and oxygen atoms in total. The number of azo groups is 1. The first-order chi connectivity index (χ1) is 10.5. The average Bonchev–Trinajstić information content (AvgIpc) is 2.52. The first-order valence-electron chi connectivity index (χ1n) is 7.02. The fraction of sp³-hybridized carbons (Fsp3) is 0.235. The predicted molar refractivity (Wildman–Crippen MR) is 89.6 cm³/mol. The maximum atomic E-state index is 10.8. The first kappa shape index (κ1) is 16.2. The SMILES string of the molecule is CC(C)CSc1ccc(/N=N/c2ccc(C(=O)O)cc2)cc1. The van der Waals surface area contributed by atoms with Crippen LogP contribution in [0.2, 0.25) is 0 Å². The van der Waals surface area contributed by atoms with Crippen LogP contribution in [0.1, 0.15) is 24.2 Å². The molecule has 0 radical (unpaired) electrons. The standard InChI is InChI=1S/C17H18N2O2S/c1-12(2)11-22-16-9-7-15(8-10-16)19-18-14-5-3-13(4-6-14)17(20)21/h3-10,12H,11H2,1-2H3,(H,20,21)/b19-18+. The van der Waals surface area contributed by atoms with E-state index in [1.165, 1.54) is 17.0 Å². The van der Waals surface area contributed by atoms with Crippen molar-refractivity contribution in [3.05, 3.63) is 54.1 Å². The lowest BCUT2D eigenvalue weighted by Gasteiger charge is -2.04. The van der Waals surface area contributed by atoms with Crippen molar-refractivity contribution in [1.82, 2.24) is 0 Å². The molecule has 0 atom stereocenters. The second-order valence-electron chi connectivity index (χ2n) is 5.25. The van der Waals surface area contributed by atoms with Crippen LogP contribution in [0, 0.1) is 5.92 Å². The predicted octanol–water partition coefficient (Wildman–Crippen LogP) is 5.55. The van der Waals surface area contributed by atoms with Crippen molar-refractivity contribution in [1.29, 1.82) is 0 Å². The molecule has 0 amide bonds. The minimum atomic E-state index is -0.946. The molecule has 1 N–H and O–H groups in total. The van der Waals surface area contributed by atoms with Crippen LogP contribution in [0.25, 0.3) is 0 Å². The van der Waals surface area contributed by atoms with E-state index in [0.717, 1.165) is 11.4 Å². The molecule has 2 rings (SSSR count). The van der Waals surface area contributed by atoms with E-state index in [1.54, 1.807) is 12.1 Å². The third-order valence-corrected chi connectivity index (χ3v) is 4.25. The summed E-state index contributed by atoms with van der Waals surface area (Å²) in [6.07, 6.45) is 0. The average molecular weight is 314 g/mol. The van der Waals surface area contributed by atoms with E-state index in [9.17, 15) is 4.79 Å². The van der Waals surface area contributed by atoms with Crippen molar-refractivity contribution >= 4 is 29.1 Å². The lowest BCUT2D eigenvalue weighted by atomic mass is 10.2. The summed E-state index contributed by atoms with van der Waals surface area (Å²) in [5.74, 6) is 0.813. The number of rotatable bonds is 6. The molecule has 0 aliphatic heterocycles. The van der Waals surface area contributed by atoms with Crippen molar-refractivity contribution in [3.8, 4) is 0 Å².